The molecule has 1 aromatic rings. The van der Waals surface area contributed by atoms with E-state index in [4.69, 9.17) is 5.26 Å². The van der Waals surface area contributed by atoms with Crippen LogP contribution in [0.15, 0.2) is 12.4 Å². The molecule has 19 heavy (non-hydrogen) atoms. The van der Waals surface area contributed by atoms with E-state index in [9.17, 15) is 4.79 Å². The van der Waals surface area contributed by atoms with Crippen molar-refractivity contribution in [1.29, 1.82) is 5.26 Å². The number of likely N-dealkylation sites (N-methyl/N-ethyl adjacent to an activating group) is 1. The van der Waals surface area contributed by atoms with Crippen LogP contribution in [-0.2, 0) is 4.79 Å². The molecule has 0 bridgehead atoms. The molecule has 1 saturated heterocycles. The molecule has 1 fully saturated rings. The number of nitrogens with zero attached hydrogens (tertiary/aromatic N) is 4. The fourth-order valence-electron chi connectivity index (χ4n) is 2.26. The van der Waals surface area contributed by atoms with E-state index in [1.54, 1.807) is 31.1 Å². The molecule has 6 nitrogen and oxygen atoms in total. The van der Waals surface area contributed by atoms with Crippen molar-refractivity contribution >= 4 is 5.91 Å². The first-order valence-electron chi connectivity index (χ1n) is 6.36. The van der Waals surface area contributed by atoms with Crippen molar-refractivity contribution < 1.29 is 4.79 Å². The van der Waals surface area contributed by atoms with Crippen LogP contribution in [0.3, 0.4) is 0 Å². The molecule has 0 spiro atoms. The SMILES string of the molecule is CN1CCN(C(=O)C(C)(C)C#N)CC1c1ncc[nH]1. The molecule has 1 atom stereocenters. The molecule has 1 amide bonds. The van der Waals surface area contributed by atoms with Crippen LogP contribution in [0.25, 0.3) is 0 Å². The maximum Gasteiger partial charge on any atom is 0.242 e. The number of rotatable bonds is 2. The first-order chi connectivity index (χ1) is 8.95. The van der Waals surface area contributed by atoms with Crippen molar-refractivity contribution in [2.75, 3.05) is 26.7 Å². The number of nitrogens with one attached hydrogen (secondary N) is 1. The van der Waals surface area contributed by atoms with E-state index in [0.29, 0.717) is 13.1 Å². The number of piperazine rings is 1. The number of hydrogen-bond acceptors (Lipinski definition) is 4. The van der Waals surface area contributed by atoms with E-state index in [2.05, 4.69) is 20.9 Å². The second-order valence-corrected chi connectivity index (χ2v) is 5.46. The van der Waals surface area contributed by atoms with Gasteiger partial charge in [-0.3, -0.25) is 9.69 Å². The van der Waals surface area contributed by atoms with E-state index in [1.807, 2.05) is 7.05 Å². The molecule has 1 aromatic heterocycles. The molecule has 6 heteroatoms. The first-order valence-corrected chi connectivity index (χ1v) is 6.36. The summed E-state index contributed by atoms with van der Waals surface area (Å²) in [6.07, 6.45) is 3.49. The Balaban J connectivity index is 2.14. The van der Waals surface area contributed by atoms with Crippen LogP contribution in [0, 0.1) is 16.7 Å². The van der Waals surface area contributed by atoms with Gasteiger partial charge in [-0.25, -0.2) is 4.98 Å². The van der Waals surface area contributed by atoms with Crippen molar-refractivity contribution in [3.8, 4) is 6.07 Å². The van der Waals surface area contributed by atoms with Crippen molar-refractivity contribution in [3.05, 3.63) is 18.2 Å². The third-order valence-corrected chi connectivity index (χ3v) is 3.58. The van der Waals surface area contributed by atoms with Crippen LogP contribution >= 0.6 is 0 Å². The molecule has 1 unspecified atom stereocenters. The number of carbonyl (C=O) groups excluding carboxylic acids is 1. The Labute approximate surface area is 113 Å². The number of aromatic amines is 1. The summed E-state index contributed by atoms with van der Waals surface area (Å²) in [5.41, 5.74) is -0.969. The van der Waals surface area contributed by atoms with Gasteiger partial charge in [0, 0.05) is 32.0 Å². The highest BCUT2D eigenvalue weighted by Crippen LogP contribution is 2.25. The molecule has 0 radical (unpaired) electrons. The van der Waals surface area contributed by atoms with Gasteiger partial charge in [-0.2, -0.15) is 5.26 Å². The van der Waals surface area contributed by atoms with Gasteiger partial charge in [0.25, 0.3) is 0 Å². The highest BCUT2D eigenvalue weighted by atomic mass is 16.2. The molecular weight excluding hydrogens is 242 g/mol. The Hall–Kier alpha value is -1.87. The number of H-pyrrole nitrogens is 1. The lowest BCUT2D eigenvalue weighted by Crippen LogP contribution is -2.52. The molecular formula is C13H19N5O. The van der Waals surface area contributed by atoms with Gasteiger partial charge in [0.2, 0.25) is 5.91 Å². The lowest BCUT2D eigenvalue weighted by atomic mass is 9.93. The van der Waals surface area contributed by atoms with Crippen molar-refractivity contribution in [1.82, 2.24) is 19.8 Å². The van der Waals surface area contributed by atoms with E-state index in [1.165, 1.54) is 0 Å². The number of carbonyl (C=O) groups is 1. The van der Waals surface area contributed by atoms with Crippen LogP contribution in [0.4, 0.5) is 0 Å². The Kier molecular flexibility index (Phi) is 3.58. The topological polar surface area (TPSA) is 76.0 Å². The molecule has 0 aliphatic carbocycles. The van der Waals surface area contributed by atoms with Gasteiger partial charge in [-0.15, -0.1) is 0 Å². The second kappa shape index (κ2) is 5.02. The van der Waals surface area contributed by atoms with Crippen molar-refractivity contribution in [2.24, 2.45) is 5.41 Å². The minimum absolute atomic E-state index is 0.0576. The Bertz CT molecular complexity index is 488. The second-order valence-electron chi connectivity index (χ2n) is 5.46. The standard InChI is InChI=1S/C13H19N5O/c1-13(2,9-14)12(19)18-7-6-17(3)10(8-18)11-15-4-5-16-11/h4-5,10H,6-8H2,1-3H3,(H,15,16). The van der Waals surface area contributed by atoms with E-state index in [0.717, 1.165) is 12.4 Å². The zero-order chi connectivity index (χ0) is 14.0. The predicted molar refractivity (Wildman–Crippen MR) is 69.9 cm³/mol. The van der Waals surface area contributed by atoms with Crippen LogP contribution in [0.1, 0.15) is 25.7 Å². The summed E-state index contributed by atoms with van der Waals surface area (Å²) in [5.74, 6) is 0.745. The fourth-order valence-corrected chi connectivity index (χ4v) is 2.26. The van der Waals surface area contributed by atoms with Crippen LogP contribution in [0.5, 0.6) is 0 Å². The number of nitriles is 1. The Morgan fingerprint density at radius 3 is 2.89 bits per heavy atom. The van der Waals surface area contributed by atoms with Gasteiger partial charge in [-0.1, -0.05) is 0 Å². The lowest BCUT2D eigenvalue weighted by molar-refractivity contribution is -0.140. The zero-order valence-electron chi connectivity index (χ0n) is 11.6. The number of hydrogen-bond donors (Lipinski definition) is 1. The summed E-state index contributed by atoms with van der Waals surface area (Å²) in [4.78, 5) is 23.6. The summed E-state index contributed by atoms with van der Waals surface area (Å²) >= 11 is 0. The Morgan fingerprint density at radius 1 is 1.58 bits per heavy atom. The van der Waals surface area contributed by atoms with Gasteiger partial charge in [0.05, 0.1) is 12.1 Å². The van der Waals surface area contributed by atoms with Gasteiger partial charge in [0.15, 0.2) is 0 Å². The minimum atomic E-state index is -0.969. The van der Waals surface area contributed by atoms with E-state index in [-0.39, 0.29) is 11.9 Å². The maximum absolute atomic E-state index is 12.3. The maximum atomic E-state index is 12.3. The zero-order valence-corrected chi connectivity index (χ0v) is 11.6. The summed E-state index contributed by atoms with van der Waals surface area (Å²) in [6, 6.07) is 2.13. The highest BCUT2D eigenvalue weighted by Gasteiger charge is 2.36. The molecule has 102 valence electrons. The number of imidazole rings is 1. The molecule has 2 rings (SSSR count). The quantitative estimate of drug-likeness (QED) is 0.853. The van der Waals surface area contributed by atoms with Crippen LogP contribution < -0.4 is 0 Å². The molecule has 0 saturated carbocycles. The third kappa shape index (κ3) is 2.61. The molecule has 1 aliphatic rings. The monoisotopic (exact) mass is 261 g/mol. The predicted octanol–water partition coefficient (Wildman–Crippen LogP) is 0.775. The van der Waals surface area contributed by atoms with Crippen molar-refractivity contribution in [2.45, 2.75) is 19.9 Å². The summed E-state index contributed by atoms with van der Waals surface area (Å²) in [6.45, 7) is 5.31. The first kappa shape index (κ1) is 13.6. The largest absolute Gasteiger partial charge is 0.347 e. The Morgan fingerprint density at radius 2 is 2.32 bits per heavy atom. The summed E-state index contributed by atoms with van der Waals surface area (Å²) in [5, 5.41) is 9.07. The van der Waals surface area contributed by atoms with Gasteiger partial charge >= 0.3 is 0 Å². The smallest absolute Gasteiger partial charge is 0.242 e. The van der Waals surface area contributed by atoms with E-state index < -0.39 is 5.41 Å². The van der Waals surface area contributed by atoms with Gasteiger partial charge < -0.3 is 9.88 Å². The average Bonchev–Trinajstić information content (AvgIpc) is 2.92. The van der Waals surface area contributed by atoms with Crippen molar-refractivity contribution in [3.63, 3.8) is 0 Å². The summed E-state index contributed by atoms with van der Waals surface area (Å²) in [7, 11) is 2.02. The number of amides is 1. The molecule has 1 N–H and O–H groups in total. The molecule has 1 aliphatic heterocycles. The fraction of sp³-hybridized carbons (Fsp3) is 0.615. The average molecular weight is 261 g/mol. The van der Waals surface area contributed by atoms with Gasteiger partial charge in [0.1, 0.15) is 11.2 Å². The highest BCUT2D eigenvalue weighted by molar-refractivity contribution is 5.84. The van der Waals surface area contributed by atoms with Crippen LogP contribution in [0.2, 0.25) is 0 Å². The normalized spacial score (nSPS) is 21.2. The van der Waals surface area contributed by atoms with Gasteiger partial charge in [-0.05, 0) is 20.9 Å². The molecule has 2 heterocycles. The van der Waals surface area contributed by atoms with E-state index >= 15 is 0 Å². The minimum Gasteiger partial charge on any atom is -0.347 e. The van der Waals surface area contributed by atoms with Crippen LogP contribution in [-0.4, -0.2) is 52.4 Å². The summed E-state index contributed by atoms with van der Waals surface area (Å²) < 4.78 is 0. The lowest BCUT2D eigenvalue weighted by Gasteiger charge is -2.40. The molecule has 0 aromatic carbocycles. The third-order valence-electron chi connectivity index (χ3n) is 3.58. The number of aromatic nitrogens is 2.